The standard InChI is InChI=1S/C23H26F6N6O4/c1-13(32-16-10-31-33-21(37)19(16)23(27,28)29)12-38-6-3-18(36)34-4-5-35-15(11-34)2-7-39-17-8-14(22(24,25)26)9-30-20(17)35/h8-10,13,15H,2-7,11-12H2,1H3,(H2,32,33,37)/t13-,15+/m0/s1. The molecule has 1 amide bonds. The highest BCUT2D eigenvalue weighted by Crippen LogP contribution is 2.38. The van der Waals surface area contributed by atoms with E-state index in [4.69, 9.17) is 9.47 Å². The summed E-state index contributed by atoms with van der Waals surface area (Å²) in [5.74, 6) is 0.173. The number of carbonyl (C=O) groups excluding carboxylic acids is 1. The molecule has 0 aliphatic carbocycles. The van der Waals surface area contributed by atoms with Gasteiger partial charge in [0.15, 0.2) is 11.6 Å². The highest BCUT2D eigenvalue weighted by Gasteiger charge is 2.38. The van der Waals surface area contributed by atoms with Crippen molar-refractivity contribution in [1.29, 1.82) is 0 Å². The van der Waals surface area contributed by atoms with Gasteiger partial charge in [-0.25, -0.2) is 10.1 Å². The first kappa shape index (κ1) is 28.4. The molecule has 2 atom stereocenters. The van der Waals surface area contributed by atoms with Gasteiger partial charge in [-0.1, -0.05) is 0 Å². The maximum absolute atomic E-state index is 13.2. The first-order valence-electron chi connectivity index (χ1n) is 12.1. The summed E-state index contributed by atoms with van der Waals surface area (Å²) in [4.78, 5) is 31.8. The first-order chi connectivity index (χ1) is 18.3. The maximum Gasteiger partial charge on any atom is 0.423 e. The van der Waals surface area contributed by atoms with E-state index in [0.717, 1.165) is 18.5 Å². The van der Waals surface area contributed by atoms with Crippen LogP contribution in [0.15, 0.2) is 23.3 Å². The van der Waals surface area contributed by atoms with Crippen LogP contribution in [0, 0.1) is 0 Å². The number of rotatable bonds is 7. The minimum Gasteiger partial charge on any atom is -0.490 e. The lowest BCUT2D eigenvalue weighted by Crippen LogP contribution is -2.55. The molecule has 0 aromatic carbocycles. The van der Waals surface area contributed by atoms with E-state index in [1.165, 1.54) is 0 Å². The van der Waals surface area contributed by atoms with Crippen LogP contribution < -0.4 is 20.5 Å². The quantitative estimate of drug-likeness (QED) is 0.390. The fourth-order valence-electron chi connectivity index (χ4n) is 4.50. The number of nitrogens with one attached hydrogen (secondary N) is 2. The third kappa shape index (κ3) is 6.72. The van der Waals surface area contributed by atoms with Crippen LogP contribution >= 0.6 is 0 Å². The SMILES string of the molecule is C[C@@H](COCCC(=O)N1CCN2c3ncc(C(F)(F)F)cc3OCC[C@@H]2C1)Nc1cn[nH]c(=O)c1C(F)(F)F. The van der Waals surface area contributed by atoms with Crippen molar-refractivity contribution in [1.82, 2.24) is 20.1 Å². The number of H-pyrrole nitrogens is 1. The number of carbonyl (C=O) groups is 1. The number of halogens is 6. The van der Waals surface area contributed by atoms with Gasteiger partial charge in [0.05, 0.1) is 49.7 Å². The van der Waals surface area contributed by atoms with Crippen molar-refractivity contribution < 1.29 is 40.6 Å². The van der Waals surface area contributed by atoms with Crippen LogP contribution in [0.2, 0.25) is 0 Å². The summed E-state index contributed by atoms with van der Waals surface area (Å²) < 4.78 is 89.7. The van der Waals surface area contributed by atoms with Gasteiger partial charge >= 0.3 is 12.4 Å². The normalized spacial score (nSPS) is 18.5. The molecule has 0 radical (unpaired) electrons. The number of amides is 1. The molecule has 2 aromatic rings. The molecule has 10 nitrogen and oxygen atoms in total. The minimum atomic E-state index is -4.87. The van der Waals surface area contributed by atoms with Gasteiger partial charge in [-0.05, 0) is 13.0 Å². The molecule has 0 spiro atoms. The molecule has 0 saturated carbocycles. The van der Waals surface area contributed by atoms with Gasteiger partial charge in [-0.2, -0.15) is 31.4 Å². The summed E-state index contributed by atoms with van der Waals surface area (Å²) in [5.41, 5.74) is -4.12. The third-order valence-electron chi connectivity index (χ3n) is 6.35. The molecule has 4 rings (SSSR count). The van der Waals surface area contributed by atoms with Crippen molar-refractivity contribution in [2.24, 2.45) is 0 Å². The van der Waals surface area contributed by atoms with Crippen molar-refractivity contribution in [2.75, 3.05) is 49.7 Å². The molecule has 2 aliphatic rings. The molecule has 2 aliphatic heterocycles. The number of fused-ring (bicyclic) bond motifs is 3. The lowest BCUT2D eigenvalue weighted by molar-refractivity contribution is -0.138. The first-order valence-corrected chi connectivity index (χ1v) is 12.1. The van der Waals surface area contributed by atoms with E-state index >= 15 is 0 Å². The number of alkyl halides is 6. The van der Waals surface area contributed by atoms with E-state index < -0.39 is 40.8 Å². The zero-order valence-corrected chi connectivity index (χ0v) is 20.7. The average Bonchev–Trinajstić information content (AvgIpc) is 3.03. The highest BCUT2D eigenvalue weighted by atomic mass is 19.4. The molecular weight excluding hydrogens is 538 g/mol. The van der Waals surface area contributed by atoms with Crippen LogP contribution in [-0.4, -0.2) is 77.5 Å². The number of nitrogens with zero attached hydrogens (tertiary/aromatic N) is 4. The third-order valence-corrected chi connectivity index (χ3v) is 6.35. The molecule has 39 heavy (non-hydrogen) atoms. The molecule has 2 N–H and O–H groups in total. The van der Waals surface area contributed by atoms with Crippen molar-refractivity contribution in [3.05, 3.63) is 39.9 Å². The van der Waals surface area contributed by atoms with Crippen LogP contribution in [0.5, 0.6) is 5.75 Å². The predicted molar refractivity (Wildman–Crippen MR) is 125 cm³/mol. The molecule has 1 saturated heterocycles. The second-order valence-electron chi connectivity index (χ2n) is 9.22. The number of pyridine rings is 1. The second-order valence-corrected chi connectivity index (χ2v) is 9.22. The fraction of sp³-hybridized carbons (Fsp3) is 0.565. The van der Waals surface area contributed by atoms with Crippen molar-refractivity contribution in [3.8, 4) is 5.75 Å². The smallest absolute Gasteiger partial charge is 0.423 e. The number of hydrogen-bond acceptors (Lipinski definition) is 8. The summed E-state index contributed by atoms with van der Waals surface area (Å²) in [6, 6.07) is 0.125. The number of aromatic amines is 1. The van der Waals surface area contributed by atoms with Gasteiger partial charge in [0.25, 0.3) is 5.56 Å². The largest absolute Gasteiger partial charge is 0.490 e. The van der Waals surface area contributed by atoms with Crippen LogP contribution in [0.3, 0.4) is 0 Å². The topological polar surface area (TPSA) is 113 Å². The Bertz CT molecular complexity index is 1240. The number of hydrogen-bond donors (Lipinski definition) is 2. The van der Waals surface area contributed by atoms with Crippen molar-refractivity contribution in [2.45, 2.75) is 44.2 Å². The monoisotopic (exact) mass is 564 g/mol. The van der Waals surface area contributed by atoms with E-state index in [-0.39, 0.29) is 43.9 Å². The molecule has 0 unspecified atom stereocenters. The van der Waals surface area contributed by atoms with Gasteiger partial charge in [-0.3, -0.25) is 9.59 Å². The van der Waals surface area contributed by atoms with Gasteiger partial charge in [0.1, 0.15) is 5.56 Å². The van der Waals surface area contributed by atoms with Crippen LogP contribution in [0.25, 0.3) is 0 Å². The Balaban J connectivity index is 1.26. The minimum absolute atomic E-state index is 0.0171. The van der Waals surface area contributed by atoms with Gasteiger partial charge in [0.2, 0.25) is 5.91 Å². The molecule has 16 heteroatoms. The van der Waals surface area contributed by atoms with E-state index in [1.807, 2.05) is 4.90 Å². The van der Waals surface area contributed by atoms with Gasteiger partial charge in [0, 0.05) is 38.3 Å². The summed E-state index contributed by atoms with van der Waals surface area (Å²) in [5, 5.41) is 7.71. The Morgan fingerprint density at radius 1 is 1.23 bits per heavy atom. The number of aromatic nitrogens is 3. The van der Waals surface area contributed by atoms with Gasteiger partial charge < -0.3 is 24.6 Å². The van der Waals surface area contributed by atoms with Crippen molar-refractivity contribution in [3.63, 3.8) is 0 Å². The number of ether oxygens (including phenoxy) is 2. The highest BCUT2D eigenvalue weighted by molar-refractivity contribution is 5.76. The van der Waals surface area contributed by atoms with Crippen molar-refractivity contribution >= 4 is 17.4 Å². The number of piperazine rings is 1. The molecule has 1 fully saturated rings. The van der Waals surface area contributed by atoms with Crippen LogP contribution in [0.1, 0.15) is 30.9 Å². The Morgan fingerprint density at radius 2 is 2.00 bits per heavy atom. The molecule has 0 bridgehead atoms. The Morgan fingerprint density at radius 3 is 2.72 bits per heavy atom. The fourth-order valence-corrected chi connectivity index (χ4v) is 4.50. The van der Waals surface area contributed by atoms with E-state index in [1.54, 1.807) is 16.9 Å². The second kappa shape index (κ2) is 11.3. The Labute approximate surface area is 218 Å². The van der Waals surface area contributed by atoms with E-state index in [9.17, 15) is 35.9 Å². The average molecular weight is 564 g/mol. The van der Waals surface area contributed by atoms with E-state index in [2.05, 4.69) is 15.4 Å². The summed E-state index contributed by atoms with van der Waals surface area (Å²) in [6.45, 7) is 2.73. The summed E-state index contributed by atoms with van der Waals surface area (Å²) in [6.07, 6.45) is -7.26. The lowest BCUT2D eigenvalue weighted by atomic mass is 10.1. The Hall–Kier alpha value is -3.56. The Kier molecular flexibility index (Phi) is 8.23. The molecule has 2 aromatic heterocycles. The molecular formula is C23H26F6N6O4. The number of anilines is 2. The lowest BCUT2D eigenvalue weighted by Gasteiger charge is -2.41. The maximum atomic E-state index is 13.2. The predicted octanol–water partition coefficient (Wildman–Crippen LogP) is 2.91. The van der Waals surface area contributed by atoms with Gasteiger partial charge in [-0.15, -0.1) is 0 Å². The molecule has 4 heterocycles. The summed E-state index contributed by atoms with van der Waals surface area (Å²) >= 11 is 0. The zero-order chi connectivity index (χ0) is 28.4. The summed E-state index contributed by atoms with van der Waals surface area (Å²) in [7, 11) is 0. The van der Waals surface area contributed by atoms with Crippen LogP contribution in [0.4, 0.5) is 37.8 Å². The van der Waals surface area contributed by atoms with E-state index in [0.29, 0.717) is 31.9 Å². The zero-order valence-electron chi connectivity index (χ0n) is 20.7. The molecule has 214 valence electrons. The van der Waals surface area contributed by atoms with Crippen LogP contribution in [-0.2, 0) is 21.9 Å².